The first-order valence-corrected chi connectivity index (χ1v) is 4.78. The number of ether oxygens (including phenoxy) is 1. The number of methoxy groups -OCH3 is 1. The van der Waals surface area contributed by atoms with Crippen LogP contribution in [0.1, 0.15) is 10.4 Å². The van der Waals surface area contributed by atoms with Gasteiger partial charge in [0.1, 0.15) is 11.3 Å². The Bertz CT molecular complexity index is 351. The average Bonchev–Trinajstić information content (AvgIpc) is 2.10. The van der Waals surface area contributed by atoms with Crippen LogP contribution in [0.4, 0.5) is 0 Å². The molecule has 0 amide bonds. The van der Waals surface area contributed by atoms with E-state index in [2.05, 4.69) is 4.74 Å². The molecule has 0 radical (unpaired) electrons. The minimum Gasteiger partial charge on any atom is -0.506 e. The van der Waals surface area contributed by atoms with E-state index in [4.69, 9.17) is 11.6 Å². The summed E-state index contributed by atoms with van der Waals surface area (Å²) in [5, 5.41) is 9.85. The van der Waals surface area contributed by atoms with Crippen LogP contribution in [-0.4, -0.2) is 18.2 Å². The van der Waals surface area contributed by atoms with Gasteiger partial charge in [0.2, 0.25) is 0 Å². The molecule has 0 saturated heterocycles. The van der Waals surface area contributed by atoms with E-state index in [9.17, 15) is 9.90 Å². The third-order valence-electron chi connectivity index (χ3n) is 1.43. The highest BCUT2D eigenvalue weighted by molar-refractivity contribution is 14.1. The molecule has 1 aromatic rings. The standard InChI is InChI=1S/C8H6ClIO3/c1-13-8(12)5-2-4(9)3-6(10)7(5)11/h2-3,11H,1H3. The van der Waals surface area contributed by atoms with Gasteiger partial charge in [-0.05, 0) is 34.7 Å². The third kappa shape index (κ3) is 2.25. The smallest absolute Gasteiger partial charge is 0.341 e. The summed E-state index contributed by atoms with van der Waals surface area (Å²) in [6.45, 7) is 0. The van der Waals surface area contributed by atoms with E-state index in [1.807, 2.05) is 22.6 Å². The molecule has 1 rings (SSSR count). The molecule has 0 aliphatic heterocycles. The van der Waals surface area contributed by atoms with Gasteiger partial charge in [-0.15, -0.1) is 0 Å². The van der Waals surface area contributed by atoms with Crippen LogP contribution in [0.15, 0.2) is 12.1 Å². The van der Waals surface area contributed by atoms with Gasteiger partial charge in [-0.2, -0.15) is 0 Å². The quantitative estimate of drug-likeness (QED) is 0.640. The molecule has 70 valence electrons. The fraction of sp³-hybridized carbons (Fsp3) is 0.125. The number of phenols is 1. The Morgan fingerprint density at radius 3 is 2.77 bits per heavy atom. The molecule has 0 aromatic heterocycles. The maximum Gasteiger partial charge on any atom is 0.341 e. The molecule has 0 atom stereocenters. The van der Waals surface area contributed by atoms with E-state index in [0.717, 1.165) is 0 Å². The highest BCUT2D eigenvalue weighted by Crippen LogP contribution is 2.28. The summed E-state index contributed by atoms with van der Waals surface area (Å²) >= 11 is 7.58. The van der Waals surface area contributed by atoms with Crippen LogP contribution in [0, 0.1) is 3.57 Å². The van der Waals surface area contributed by atoms with Crippen molar-refractivity contribution in [3.63, 3.8) is 0 Å². The second kappa shape index (κ2) is 4.15. The minimum absolute atomic E-state index is 0.0828. The predicted molar refractivity (Wildman–Crippen MR) is 57.2 cm³/mol. The maximum absolute atomic E-state index is 11.1. The van der Waals surface area contributed by atoms with Crippen molar-refractivity contribution in [1.29, 1.82) is 0 Å². The molecule has 0 aliphatic carbocycles. The Morgan fingerprint density at radius 2 is 2.23 bits per heavy atom. The van der Waals surface area contributed by atoms with E-state index in [0.29, 0.717) is 8.59 Å². The Hall–Kier alpha value is -0.490. The largest absolute Gasteiger partial charge is 0.506 e. The molecule has 0 bridgehead atoms. The van der Waals surface area contributed by atoms with Crippen molar-refractivity contribution in [3.05, 3.63) is 26.3 Å². The van der Waals surface area contributed by atoms with E-state index in [1.54, 1.807) is 6.07 Å². The number of aromatic hydroxyl groups is 1. The summed E-state index contributed by atoms with van der Waals surface area (Å²) in [5.74, 6) is -0.699. The monoisotopic (exact) mass is 312 g/mol. The highest BCUT2D eigenvalue weighted by atomic mass is 127. The molecule has 3 nitrogen and oxygen atoms in total. The Balaban J connectivity index is 3.28. The van der Waals surface area contributed by atoms with Gasteiger partial charge in [0.05, 0.1) is 10.7 Å². The van der Waals surface area contributed by atoms with Crippen molar-refractivity contribution in [1.82, 2.24) is 0 Å². The first kappa shape index (κ1) is 10.6. The van der Waals surface area contributed by atoms with Crippen LogP contribution >= 0.6 is 34.2 Å². The molecule has 13 heavy (non-hydrogen) atoms. The van der Waals surface area contributed by atoms with Gasteiger partial charge in [0.15, 0.2) is 0 Å². The number of carbonyl (C=O) groups excluding carboxylic acids is 1. The first-order valence-electron chi connectivity index (χ1n) is 3.32. The zero-order valence-electron chi connectivity index (χ0n) is 6.67. The van der Waals surface area contributed by atoms with Crippen LogP contribution in [0.2, 0.25) is 5.02 Å². The SMILES string of the molecule is COC(=O)c1cc(Cl)cc(I)c1O. The molecule has 5 heteroatoms. The molecule has 0 spiro atoms. The summed E-state index contributed by atoms with van der Waals surface area (Å²) in [6.07, 6.45) is 0. The van der Waals surface area contributed by atoms with Crippen LogP contribution < -0.4 is 0 Å². The molecular weight excluding hydrogens is 306 g/mol. The number of hydrogen-bond acceptors (Lipinski definition) is 3. The highest BCUT2D eigenvalue weighted by Gasteiger charge is 2.14. The fourth-order valence-electron chi connectivity index (χ4n) is 0.832. The van der Waals surface area contributed by atoms with Crippen molar-refractivity contribution in [2.75, 3.05) is 7.11 Å². The lowest BCUT2D eigenvalue weighted by Crippen LogP contribution is -2.02. The molecular formula is C8H6ClIO3. The second-order valence-electron chi connectivity index (χ2n) is 2.28. The summed E-state index contributed by atoms with van der Waals surface area (Å²) < 4.78 is 4.99. The van der Waals surface area contributed by atoms with Crippen LogP contribution in [-0.2, 0) is 4.74 Å². The summed E-state index contributed by atoms with van der Waals surface area (Å²) in [4.78, 5) is 11.1. The van der Waals surface area contributed by atoms with Gasteiger partial charge >= 0.3 is 5.97 Å². The normalized spacial score (nSPS) is 9.77. The molecule has 0 heterocycles. The summed E-state index contributed by atoms with van der Waals surface area (Å²) in [7, 11) is 1.25. The molecule has 0 saturated carbocycles. The van der Waals surface area contributed by atoms with E-state index in [1.165, 1.54) is 13.2 Å². The first-order chi connectivity index (χ1) is 6.06. The number of carbonyl (C=O) groups is 1. The lowest BCUT2D eigenvalue weighted by Gasteiger charge is -2.04. The number of esters is 1. The zero-order chi connectivity index (χ0) is 10.0. The van der Waals surface area contributed by atoms with Crippen molar-refractivity contribution in [2.24, 2.45) is 0 Å². The maximum atomic E-state index is 11.1. The molecule has 1 N–H and O–H groups in total. The minimum atomic E-state index is -0.599. The van der Waals surface area contributed by atoms with Crippen LogP contribution in [0.25, 0.3) is 0 Å². The average molecular weight is 312 g/mol. The third-order valence-corrected chi connectivity index (χ3v) is 2.47. The number of benzene rings is 1. The zero-order valence-corrected chi connectivity index (χ0v) is 9.59. The topological polar surface area (TPSA) is 46.5 Å². The van der Waals surface area contributed by atoms with Gasteiger partial charge in [-0.25, -0.2) is 4.79 Å². The number of halogens is 2. The lowest BCUT2D eigenvalue weighted by atomic mass is 10.2. The second-order valence-corrected chi connectivity index (χ2v) is 3.87. The Morgan fingerprint density at radius 1 is 1.62 bits per heavy atom. The van der Waals surface area contributed by atoms with E-state index >= 15 is 0 Å². The fourth-order valence-corrected chi connectivity index (χ4v) is 1.86. The van der Waals surface area contributed by atoms with Crippen LogP contribution in [0.5, 0.6) is 5.75 Å². The lowest BCUT2D eigenvalue weighted by molar-refractivity contribution is 0.0597. The van der Waals surface area contributed by atoms with E-state index < -0.39 is 5.97 Å². The summed E-state index contributed by atoms with van der Waals surface area (Å²) in [6, 6.07) is 2.93. The summed E-state index contributed by atoms with van der Waals surface area (Å²) in [5.41, 5.74) is 0.0828. The molecule has 1 aromatic carbocycles. The van der Waals surface area contributed by atoms with E-state index in [-0.39, 0.29) is 11.3 Å². The predicted octanol–water partition coefficient (Wildman–Crippen LogP) is 2.44. The number of rotatable bonds is 1. The Kier molecular flexibility index (Phi) is 3.38. The molecule has 0 aliphatic rings. The van der Waals surface area contributed by atoms with Crippen molar-refractivity contribution >= 4 is 40.2 Å². The van der Waals surface area contributed by atoms with Crippen molar-refractivity contribution in [3.8, 4) is 5.75 Å². The van der Waals surface area contributed by atoms with Gasteiger partial charge < -0.3 is 9.84 Å². The van der Waals surface area contributed by atoms with Gasteiger partial charge in [-0.3, -0.25) is 0 Å². The van der Waals surface area contributed by atoms with Gasteiger partial charge in [0, 0.05) is 5.02 Å². The van der Waals surface area contributed by atoms with Gasteiger partial charge in [0.25, 0.3) is 0 Å². The van der Waals surface area contributed by atoms with Crippen molar-refractivity contribution < 1.29 is 14.6 Å². The van der Waals surface area contributed by atoms with Gasteiger partial charge in [-0.1, -0.05) is 11.6 Å². The van der Waals surface area contributed by atoms with Crippen molar-refractivity contribution in [2.45, 2.75) is 0 Å². The molecule has 0 unspecified atom stereocenters. The number of hydrogen-bond donors (Lipinski definition) is 1. The molecule has 0 fully saturated rings. The Labute approximate surface area is 93.8 Å². The van der Waals surface area contributed by atoms with Crippen LogP contribution in [0.3, 0.4) is 0 Å². The number of phenolic OH excluding ortho intramolecular Hbond substituents is 1.